The van der Waals surface area contributed by atoms with Crippen molar-refractivity contribution in [2.24, 2.45) is 0 Å². The van der Waals surface area contributed by atoms with E-state index in [1.807, 2.05) is 0 Å². The van der Waals surface area contributed by atoms with Crippen molar-refractivity contribution in [3.63, 3.8) is 0 Å². The van der Waals surface area contributed by atoms with Crippen LogP contribution in [0.15, 0.2) is 0 Å². The molecule has 0 aliphatic carbocycles. The molecule has 0 aromatic rings. The van der Waals surface area contributed by atoms with Gasteiger partial charge in [0, 0.05) is 21.6 Å². The number of hydrogen-bond acceptors (Lipinski definition) is 4. The molecule has 1 aliphatic rings. The largest absolute Gasteiger partial charge is 0.453 e. The molecule has 0 aromatic carbocycles. The SMILES string of the molecule is COC(=O)N[C@H](C(=O)N1CCCC1)C(C)OC.[HH]. The van der Waals surface area contributed by atoms with Gasteiger partial charge in [-0.15, -0.1) is 0 Å². The number of rotatable bonds is 4. The van der Waals surface area contributed by atoms with Gasteiger partial charge < -0.3 is 19.7 Å². The number of likely N-dealkylation sites (tertiary alicyclic amines) is 1. The summed E-state index contributed by atoms with van der Waals surface area (Å²) in [6, 6.07) is -0.689. The van der Waals surface area contributed by atoms with Gasteiger partial charge in [-0.25, -0.2) is 4.79 Å². The Morgan fingerprint density at radius 1 is 1.29 bits per heavy atom. The smallest absolute Gasteiger partial charge is 0.407 e. The Hall–Kier alpha value is -1.30. The summed E-state index contributed by atoms with van der Waals surface area (Å²) in [4.78, 5) is 25.1. The number of carbonyl (C=O) groups is 2. The first-order valence-electron chi connectivity index (χ1n) is 5.76. The Balaban J connectivity index is 0.00000289. The van der Waals surface area contributed by atoms with Gasteiger partial charge in [0.25, 0.3) is 0 Å². The van der Waals surface area contributed by atoms with Crippen LogP contribution in [-0.2, 0) is 14.3 Å². The number of nitrogens with zero attached hydrogens (tertiary/aromatic N) is 1. The molecule has 1 aliphatic heterocycles. The molecule has 1 N–H and O–H groups in total. The van der Waals surface area contributed by atoms with Crippen LogP contribution < -0.4 is 5.32 Å². The molecule has 0 bridgehead atoms. The Labute approximate surface area is 103 Å². The van der Waals surface area contributed by atoms with Crippen molar-refractivity contribution >= 4 is 12.0 Å². The van der Waals surface area contributed by atoms with Gasteiger partial charge in [0.05, 0.1) is 13.2 Å². The zero-order chi connectivity index (χ0) is 12.8. The average molecular weight is 246 g/mol. The highest BCUT2D eigenvalue weighted by Gasteiger charge is 2.32. The van der Waals surface area contributed by atoms with Crippen LogP contribution in [0.25, 0.3) is 0 Å². The van der Waals surface area contributed by atoms with Crippen LogP contribution in [0.2, 0.25) is 0 Å². The van der Waals surface area contributed by atoms with Gasteiger partial charge in [-0.1, -0.05) is 0 Å². The van der Waals surface area contributed by atoms with Gasteiger partial charge in [-0.05, 0) is 19.8 Å². The maximum absolute atomic E-state index is 12.2. The maximum Gasteiger partial charge on any atom is 0.407 e. The van der Waals surface area contributed by atoms with Crippen molar-refractivity contribution in [3.8, 4) is 0 Å². The molecule has 0 radical (unpaired) electrons. The monoisotopic (exact) mass is 246 g/mol. The minimum absolute atomic E-state index is 0. The van der Waals surface area contributed by atoms with E-state index in [-0.39, 0.29) is 13.4 Å². The highest BCUT2D eigenvalue weighted by Crippen LogP contribution is 2.11. The number of hydrogen-bond donors (Lipinski definition) is 1. The molecular formula is C11H22N2O4. The van der Waals surface area contributed by atoms with Crippen molar-refractivity contribution in [2.45, 2.75) is 31.9 Å². The third-order valence-corrected chi connectivity index (χ3v) is 2.98. The molecule has 0 aromatic heterocycles. The van der Waals surface area contributed by atoms with E-state index in [1.54, 1.807) is 11.8 Å². The Kier molecular flexibility index (Phi) is 5.21. The number of amides is 2. The van der Waals surface area contributed by atoms with Gasteiger partial charge >= 0.3 is 6.09 Å². The van der Waals surface area contributed by atoms with E-state index in [4.69, 9.17) is 4.74 Å². The van der Waals surface area contributed by atoms with Crippen LogP contribution >= 0.6 is 0 Å². The minimum atomic E-state index is -0.689. The molecule has 100 valence electrons. The van der Waals surface area contributed by atoms with Gasteiger partial charge in [0.2, 0.25) is 5.91 Å². The topological polar surface area (TPSA) is 67.9 Å². The van der Waals surface area contributed by atoms with Crippen molar-refractivity contribution in [1.29, 1.82) is 0 Å². The summed E-state index contributed by atoms with van der Waals surface area (Å²) in [6.45, 7) is 3.23. The Bertz CT molecular complexity index is 282. The van der Waals surface area contributed by atoms with Crippen molar-refractivity contribution in [2.75, 3.05) is 27.3 Å². The zero-order valence-electron chi connectivity index (χ0n) is 10.6. The molecule has 6 nitrogen and oxygen atoms in total. The lowest BCUT2D eigenvalue weighted by Crippen LogP contribution is -2.53. The predicted molar refractivity (Wildman–Crippen MR) is 63.7 cm³/mol. The predicted octanol–water partition coefficient (Wildman–Crippen LogP) is 0.614. The lowest BCUT2D eigenvalue weighted by Gasteiger charge is -2.27. The normalized spacial score (nSPS) is 18.6. The summed E-state index contributed by atoms with van der Waals surface area (Å²) in [6.07, 6.45) is 1.02. The third kappa shape index (κ3) is 3.59. The minimum Gasteiger partial charge on any atom is -0.453 e. The maximum atomic E-state index is 12.2. The lowest BCUT2D eigenvalue weighted by molar-refractivity contribution is -0.135. The van der Waals surface area contributed by atoms with Crippen LogP contribution in [-0.4, -0.2) is 56.4 Å². The van der Waals surface area contributed by atoms with Crippen molar-refractivity contribution < 1.29 is 20.5 Å². The van der Waals surface area contributed by atoms with E-state index in [2.05, 4.69) is 10.1 Å². The van der Waals surface area contributed by atoms with Crippen molar-refractivity contribution in [3.05, 3.63) is 0 Å². The summed E-state index contributed by atoms with van der Waals surface area (Å²) in [7, 11) is 2.78. The molecule has 2 amide bonds. The van der Waals surface area contributed by atoms with Crippen LogP contribution in [0.1, 0.15) is 21.2 Å². The summed E-state index contributed by atoms with van der Waals surface area (Å²) in [5.74, 6) is -0.109. The van der Waals surface area contributed by atoms with Gasteiger partial charge in [-0.2, -0.15) is 0 Å². The van der Waals surface area contributed by atoms with Gasteiger partial charge in [0.1, 0.15) is 6.04 Å². The van der Waals surface area contributed by atoms with E-state index in [0.717, 1.165) is 25.9 Å². The van der Waals surface area contributed by atoms with E-state index in [0.29, 0.717) is 0 Å². The molecule has 1 rings (SSSR count). The van der Waals surface area contributed by atoms with E-state index < -0.39 is 12.1 Å². The van der Waals surface area contributed by atoms with Crippen LogP contribution in [0.4, 0.5) is 4.79 Å². The number of methoxy groups -OCH3 is 2. The Morgan fingerprint density at radius 3 is 2.35 bits per heavy atom. The number of nitrogens with one attached hydrogen (secondary N) is 1. The lowest BCUT2D eigenvalue weighted by atomic mass is 10.1. The summed E-state index contributed by atoms with van der Waals surface area (Å²) in [5.41, 5.74) is 0. The second-order valence-electron chi connectivity index (χ2n) is 4.09. The molecular weight excluding hydrogens is 224 g/mol. The number of ether oxygens (including phenoxy) is 2. The highest BCUT2D eigenvalue weighted by molar-refractivity contribution is 5.86. The first-order valence-corrected chi connectivity index (χ1v) is 5.76. The third-order valence-electron chi connectivity index (χ3n) is 2.98. The van der Waals surface area contributed by atoms with Crippen LogP contribution in [0, 0.1) is 0 Å². The molecule has 0 saturated carbocycles. The highest BCUT2D eigenvalue weighted by atomic mass is 16.5. The molecule has 1 saturated heterocycles. The molecule has 6 heteroatoms. The average Bonchev–Trinajstić information content (AvgIpc) is 2.87. The van der Waals surface area contributed by atoms with Gasteiger partial charge in [0.15, 0.2) is 0 Å². The van der Waals surface area contributed by atoms with Crippen LogP contribution in [0.3, 0.4) is 0 Å². The fraction of sp³-hybridized carbons (Fsp3) is 0.818. The first kappa shape index (κ1) is 13.8. The molecule has 1 heterocycles. The molecule has 1 fully saturated rings. The molecule has 2 atom stereocenters. The second kappa shape index (κ2) is 6.44. The second-order valence-corrected chi connectivity index (χ2v) is 4.09. The van der Waals surface area contributed by atoms with E-state index in [9.17, 15) is 9.59 Å². The summed E-state index contributed by atoms with van der Waals surface area (Å²) < 4.78 is 9.63. The fourth-order valence-corrected chi connectivity index (χ4v) is 1.84. The number of carbonyl (C=O) groups excluding carboxylic acids is 2. The fourth-order valence-electron chi connectivity index (χ4n) is 1.84. The summed E-state index contributed by atoms with van der Waals surface area (Å²) >= 11 is 0. The van der Waals surface area contributed by atoms with Gasteiger partial charge in [-0.3, -0.25) is 4.79 Å². The first-order chi connectivity index (χ1) is 8.10. The van der Waals surface area contributed by atoms with E-state index in [1.165, 1.54) is 14.2 Å². The number of alkyl carbamates (subject to hydrolysis) is 1. The summed E-state index contributed by atoms with van der Waals surface area (Å²) in [5, 5.41) is 2.52. The quantitative estimate of drug-likeness (QED) is 0.789. The Morgan fingerprint density at radius 2 is 1.88 bits per heavy atom. The van der Waals surface area contributed by atoms with Crippen molar-refractivity contribution in [1.82, 2.24) is 10.2 Å². The van der Waals surface area contributed by atoms with E-state index >= 15 is 0 Å². The molecule has 17 heavy (non-hydrogen) atoms. The molecule has 1 unspecified atom stereocenters. The standard InChI is InChI=1S/C11H20N2O4.H2/c1-8(16-2)9(12-11(15)17-3)10(14)13-6-4-5-7-13;/h8-9H,4-7H2,1-3H3,(H,12,15);1H/t8?,9-;/m0./s1. The zero-order valence-corrected chi connectivity index (χ0v) is 10.6. The van der Waals surface area contributed by atoms with Crippen LogP contribution in [0.5, 0.6) is 0 Å². The molecule has 0 spiro atoms.